The summed E-state index contributed by atoms with van der Waals surface area (Å²) >= 11 is 0. The highest BCUT2D eigenvalue weighted by Crippen LogP contribution is 2.42. The van der Waals surface area contributed by atoms with Crippen LogP contribution in [0.3, 0.4) is 0 Å². The van der Waals surface area contributed by atoms with Crippen LogP contribution in [-0.2, 0) is 0 Å². The van der Waals surface area contributed by atoms with Crippen molar-refractivity contribution >= 4 is 0 Å². The second-order valence-electron chi connectivity index (χ2n) is 5.27. The Morgan fingerprint density at radius 2 is 1.76 bits per heavy atom. The summed E-state index contributed by atoms with van der Waals surface area (Å²) in [7, 11) is 0. The number of hydrogen-bond acceptors (Lipinski definition) is 3. The number of aliphatic hydroxyl groups excluding tert-OH is 2. The summed E-state index contributed by atoms with van der Waals surface area (Å²) in [5.74, 6) is -2.49. The van der Waals surface area contributed by atoms with Gasteiger partial charge < -0.3 is 10.2 Å². The van der Waals surface area contributed by atoms with Crippen LogP contribution in [0.1, 0.15) is 47.8 Å². The van der Waals surface area contributed by atoms with Gasteiger partial charge in [-0.1, -0.05) is 18.2 Å². The lowest BCUT2D eigenvalue weighted by molar-refractivity contribution is 0.135. The minimum absolute atomic E-state index is 0.131. The van der Waals surface area contributed by atoms with Gasteiger partial charge in [-0.25, -0.2) is 8.78 Å². The van der Waals surface area contributed by atoms with E-state index in [9.17, 15) is 19.0 Å². The van der Waals surface area contributed by atoms with Crippen molar-refractivity contribution in [2.45, 2.75) is 31.0 Å². The smallest absolute Gasteiger partial charge is 0.162 e. The van der Waals surface area contributed by atoms with Crippen LogP contribution in [0.5, 0.6) is 0 Å². The average Bonchev–Trinajstić information content (AvgIpc) is 2.62. The molecule has 1 aliphatic rings. The minimum Gasteiger partial charge on any atom is -0.388 e. The molecule has 0 fully saturated rings. The molecule has 0 radical (unpaired) electrons. The molecule has 110 valence electrons. The first-order valence-electron chi connectivity index (χ1n) is 6.84. The molecular weight excluding hydrogens is 276 g/mol. The molecule has 3 nitrogen and oxygen atoms in total. The van der Waals surface area contributed by atoms with Crippen LogP contribution in [0.15, 0.2) is 36.5 Å². The molecule has 3 atom stereocenters. The van der Waals surface area contributed by atoms with Gasteiger partial charge in [0.05, 0.1) is 17.9 Å². The second-order valence-corrected chi connectivity index (χ2v) is 5.27. The molecule has 2 N–H and O–H groups in total. The lowest BCUT2D eigenvalue weighted by Crippen LogP contribution is -2.13. The Morgan fingerprint density at radius 1 is 1.00 bits per heavy atom. The highest BCUT2D eigenvalue weighted by molar-refractivity contribution is 5.32. The summed E-state index contributed by atoms with van der Waals surface area (Å²) < 4.78 is 27.4. The zero-order valence-corrected chi connectivity index (χ0v) is 11.2. The van der Waals surface area contributed by atoms with Gasteiger partial charge in [-0.05, 0) is 30.5 Å². The lowest BCUT2D eigenvalue weighted by Gasteiger charge is -2.22. The maximum Gasteiger partial charge on any atom is 0.162 e. The summed E-state index contributed by atoms with van der Waals surface area (Å²) in [6.45, 7) is 0. The summed E-state index contributed by atoms with van der Waals surface area (Å²) in [4.78, 5) is 4.10. The highest BCUT2D eigenvalue weighted by Gasteiger charge is 2.33. The fourth-order valence-corrected chi connectivity index (χ4v) is 2.94. The summed E-state index contributed by atoms with van der Waals surface area (Å²) in [6.07, 6.45) is 0.387. The van der Waals surface area contributed by atoms with Crippen LogP contribution in [0, 0.1) is 11.6 Å². The molecule has 1 aliphatic carbocycles. The Labute approximate surface area is 120 Å². The fraction of sp³-hybridized carbons (Fsp3) is 0.312. The highest BCUT2D eigenvalue weighted by atomic mass is 19.2. The van der Waals surface area contributed by atoms with E-state index in [-0.39, 0.29) is 5.56 Å². The molecule has 3 unspecified atom stereocenters. The molecule has 1 aromatic heterocycles. The van der Waals surface area contributed by atoms with Crippen molar-refractivity contribution in [2.75, 3.05) is 0 Å². The van der Waals surface area contributed by atoms with E-state index in [1.165, 1.54) is 18.3 Å². The third-order valence-corrected chi connectivity index (χ3v) is 4.02. The molecule has 21 heavy (non-hydrogen) atoms. The second kappa shape index (κ2) is 5.50. The van der Waals surface area contributed by atoms with Gasteiger partial charge in [0, 0.05) is 17.7 Å². The van der Waals surface area contributed by atoms with E-state index >= 15 is 0 Å². The molecule has 0 saturated carbocycles. The van der Waals surface area contributed by atoms with E-state index in [0.29, 0.717) is 24.1 Å². The van der Waals surface area contributed by atoms with Gasteiger partial charge >= 0.3 is 0 Å². The van der Waals surface area contributed by atoms with Crippen molar-refractivity contribution in [3.63, 3.8) is 0 Å². The third-order valence-electron chi connectivity index (χ3n) is 4.02. The van der Waals surface area contributed by atoms with Crippen LogP contribution < -0.4 is 0 Å². The molecule has 0 aliphatic heterocycles. The van der Waals surface area contributed by atoms with Crippen molar-refractivity contribution in [1.82, 2.24) is 4.98 Å². The number of aliphatic hydroxyl groups is 2. The van der Waals surface area contributed by atoms with Gasteiger partial charge in [-0.2, -0.15) is 0 Å². The van der Waals surface area contributed by atoms with Crippen LogP contribution >= 0.6 is 0 Å². The molecule has 0 spiro atoms. The number of hydrogen-bond donors (Lipinski definition) is 2. The van der Waals surface area contributed by atoms with Gasteiger partial charge in [0.25, 0.3) is 0 Å². The first kappa shape index (κ1) is 14.1. The fourth-order valence-electron chi connectivity index (χ4n) is 2.94. The standard InChI is InChI=1S/C16H15F2NO2/c17-12-5-1-3-9(14(12)18)10-6-7-13(20)15-11(16(10)21)4-2-8-19-15/h1-5,8,10,13,16,20-21H,6-7H2. The van der Waals surface area contributed by atoms with Crippen molar-refractivity contribution in [2.24, 2.45) is 0 Å². The Balaban J connectivity index is 2.07. The van der Waals surface area contributed by atoms with Crippen LogP contribution in [0.2, 0.25) is 0 Å². The van der Waals surface area contributed by atoms with Gasteiger partial charge in [0.2, 0.25) is 0 Å². The lowest BCUT2D eigenvalue weighted by atomic mass is 9.87. The topological polar surface area (TPSA) is 53.4 Å². The number of rotatable bonds is 1. The number of pyridine rings is 1. The Hall–Kier alpha value is -1.85. The quantitative estimate of drug-likeness (QED) is 0.794. The molecule has 1 aromatic carbocycles. The number of fused-ring (bicyclic) bond motifs is 1. The summed E-state index contributed by atoms with van der Waals surface area (Å²) in [5.41, 5.74) is 1.01. The van der Waals surface area contributed by atoms with E-state index in [4.69, 9.17) is 0 Å². The van der Waals surface area contributed by atoms with Crippen molar-refractivity contribution < 1.29 is 19.0 Å². The van der Waals surface area contributed by atoms with Crippen LogP contribution in [-0.4, -0.2) is 15.2 Å². The maximum atomic E-state index is 14.0. The normalized spacial score (nSPS) is 25.2. The van der Waals surface area contributed by atoms with Gasteiger partial charge in [0.1, 0.15) is 0 Å². The molecule has 0 saturated heterocycles. The monoisotopic (exact) mass is 291 g/mol. The van der Waals surface area contributed by atoms with Crippen LogP contribution in [0.4, 0.5) is 8.78 Å². The van der Waals surface area contributed by atoms with Crippen LogP contribution in [0.25, 0.3) is 0 Å². The van der Waals surface area contributed by atoms with E-state index in [1.807, 2.05) is 0 Å². The number of aromatic nitrogens is 1. The van der Waals surface area contributed by atoms with Crippen molar-refractivity contribution in [3.8, 4) is 0 Å². The molecule has 3 rings (SSSR count). The number of halogens is 2. The first-order valence-corrected chi connectivity index (χ1v) is 6.84. The molecule has 2 aromatic rings. The SMILES string of the molecule is OC1CCC(c2cccc(F)c2F)C(O)c2cccnc21. The third kappa shape index (κ3) is 2.43. The van der Waals surface area contributed by atoms with Crippen molar-refractivity contribution in [1.29, 1.82) is 0 Å². The minimum atomic E-state index is -1.03. The molecule has 0 amide bonds. The van der Waals surface area contributed by atoms with E-state index in [0.717, 1.165) is 6.07 Å². The van der Waals surface area contributed by atoms with E-state index in [1.54, 1.807) is 12.1 Å². The Kier molecular flexibility index (Phi) is 3.69. The Morgan fingerprint density at radius 3 is 2.57 bits per heavy atom. The van der Waals surface area contributed by atoms with Crippen molar-refractivity contribution in [3.05, 3.63) is 65.0 Å². The predicted octanol–water partition coefficient (Wildman–Crippen LogP) is 3.00. The molecule has 5 heteroatoms. The zero-order valence-electron chi connectivity index (χ0n) is 11.2. The summed E-state index contributed by atoms with van der Waals surface area (Å²) in [6, 6.07) is 7.25. The van der Waals surface area contributed by atoms with Gasteiger partial charge in [-0.3, -0.25) is 4.98 Å². The average molecular weight is 291 g/mol. The van der Waals surface area contributed by atoms with Gasteiger partial charge in [-0.15, -0.1) is 0 Å². The Bertz CT molecular complexity index is 662. The van der Waals surface area contributed by atoms with E-state index in [2.05, 4.69) is 4.98 Å². The summed E-state index contributed by atoms with van der Waals surface area (Å²) in [5, 5.41) is 20.7. The maximum absolute atomic E-state index is 14.0. The largest absolute Gasteiger partial charge is 0.388 e. The first-order chi connectivity index (χ1) is 10.1. The van der Waals surface area contributed by atoms with Gasteiger partial charge in [0.15, 0.2) is 11.6 Å². The predicted molar refractivity (Wildman–Crippen MR) is 72.5 cm³/mol. The molecular formula is C16H15F2NO2. The molecule has 1 heterocycles. The number of benzene rings is 1. The zero-order chi connectivity index (χ0) is 15.0. The van der Waals surface area contributed by atoms with E-state index < -0.39 is 29.8 Å². The molecule has 0 bridgehead atoms. The number of nitrogens with zero attached hydrogens (tertiary/aromatic N) is 1.